The third-order valence-electron chi connectivity index (χ3n) is 13.0. The first-order valence-electron chi connectivity index (χ1n) is 31.8. The predicted molar refractivity (Wildman–Crippen MR) is 269 cm³/mol. The largest absolute Gasteiger partial charge is 0.461 e. The van der Waals surface area contributed by atoms with Crippen LogP contribution in [-0.4, -0.2) is 15.8 Å². The third kappa shape index (κ3) is 5.73. The van der Waals surface area contributed by atoms with Crippen LogP contribution < -0.4 is 21.1 Å². The fourth-order valence-electron chi connectivity index (χ4n) is 9.79. The van der Waals surface area contributed by atoms with E-state index in [1.165, 1.54) is 12.1 Å². The van der Waals surface area contributed by atoms with Crippen molar-refractivity contribution in [2.24, 2.45) is 0 Å². The molecule has 6 nitrogen and oxygen atoms in total. The SMILES string of the molecule is [2H]c1c(-n2c3c([2H])c([2H])c([2H])c([2H])c3c3c([2H])c([2H])c([2H])c([2H])c32)oc2c1B1c3c(c([2H])c(C([2H])([2H])[2H])c([2H])c3C(c3ccc4c5c([2H])c(C(C)(C)C)c([2H])c([2H])c5n(-c5c(F)c(F)c(C#N)c(F)c5F)c4c3)c3oc4c([2H])c([2H])c(C(C)(C)C)c([2H])c4c31)O2. The summed E-state index contributed by atoms with van der Waals surface area (Å²) in [6, 6.07) is -7.26. The van der Waals surface area contributed by atoms with E-state index in [1.54, 1.807) is 41.5 Å². The Balaban J connectivity index is 1.23. The molecule has 0 bridgehead atoms. The molecule has 0 N–H and O–H groups in total. The molecule has 0 saturated heterocycles. The van der Waals surface area contributed by atoms with Gasteiger partial charge in [-0.2, -0.15) is 5.26 Å². The van der Waals surface area contributed by atoms with Crippen LogP contribution in [0, 0.1) is 41.5 Å². The van der Waals surface area contributed by atoms with E-state index in [0.717, 1.165) is 16.7 Å². The molecule has 2 aliphatic heterocycles. The minimum atomic E-state index is -3.37. The van der Waals surface area contributed by atoms with E-state index in [9.17, 15) is 20.3 Å². The average Bonchev–Trinajstić information content (AvgIpc) is 1.42. The molecule has 11 heteroatoms. The Morgan fingerprint density at radius 1 is 0.657 bits per heavy atom. The number of hydrogen-bond acceptors (Lipinski definition) is 4. The lowest BCUT2D eigenvalue weighted by atomic mass is 9.32. The van der Waals surface area contributed by atoms with Crippen LogP contribution in [0.2, 0.25) is 0 Å². The maximum Gasteiger partial charge on any atom is 0.286 e. The highest BCUT2D eigenvalue weighted by Crippen LogP contribution is 2.46. The molecule has 11 aromatic rings. The molecule has 0 radical (unpaired) electrons. The van der Waals surface area contributed by atoms with Gasteiger partial charge in [0.15, 0.2) is 23.3 Å². The summed E-state index contributed by atoms with van der Waals surface area (Å²) in [5.41, 5.74) is -10.2. The van der Waals surface area contributed by atoms with E-state index in [2.05, 4.69) is 0 Å². The molecule has 70 heavy (non-hydrogen) atoms. The lowest BCUT2D eigenvalue weighted by Crippen LogP contribution is -2.59. The summed E-state index contributed by atoms with van der Waals surface area (Å²) in [4.78, 5) is 0. The molecule has 1 atom stereocenters. The number of hydrogen-bond donors (Lipinski definition) is 0. The molecular formula is C59H42BF4N3O3. The first-order chi connectivity index (χ1) is 41.9. The number of para-hydroxylation sites is 2. The number of furan rings is 2. The quantitative estimate of drug-likeness (QED) is 0.101. The Bertz CT molecular complexity index is 5200. The normalized spacial score (nSPS) is 18.6. The molecule has 13 rings (SSSR count). The summed E-state index contributed by atoms with van der Waals surface area (Å²) < 4.78 is 272. The van der Waals surface area contributed by atoms with E-state index >= 15 is 17.6 Å². The van der Waals surface area contributed by atoms with Crippen molar-refractivity contribution in [1.82, 2.24) is 9.13 Å². The Morgan fingerprint density at radius 2 is 1.30 bits per heavy atom. The van der Waals surface area contributed by atoms with Crippen LogP contribution in [0.3, 0.4) is 0 Å². The topological polar surface area (TPSA) is 69.2 Å². The maximum atomic E-state index is 16.8. The summed E-state index contributed by atoms with van der Waals surface area (Å²) in [7, 11) is 0. The van der Waals surface area contributed by atoms with Crippen molar-refractivity contribution in [3.05, 3.63) is 183 Å². The monoisotopic (exact) mass is 947 g/mol. The molecule has 6 heterocycles. The van der Waals surface area contributed by atoms with Gasteiger partial charge >= 0.3 is 0 Å². The smallest absolute Gasteiger partial charge is 0.286 e. The van der Waals surface area contributed by atoms with E-state index < -0.39 is 235 Å². The molecule has 1 unspecified atom stereocenters. The van der Waals surface area contributed by atoms with Gasteiger partial charge in [-0.15, -0.1) is 0 Å². The van der Waals surface area contributed by atoms with Crippen molar-refractivity contribution in [1.29, 1.82) is 5.26 Å². The minimum absolute atomic E-state index is 0.0104. The van der Waals surface area contributed by atoms with Gasteiger partial charge in [0, 0.05) is 42.5 Å². The Hall–Kier alpha value is -7.97. The average molecular weight is 948 g/mol. The van der Waals surface area contributed by atoms with Crippen LogP contribution in [0.15, 0.2) is 130 Å². The number of halogens is 4. The molecule has 0 spiro atoms. The van der Waals surface area contributed by atoms with Crippen LogP contribution in [0.4, 0.5) is 17.6 Å². The second-order valence-corrected chi connectivity index (χ2v) is 19.3. The molecule has 0 saturated carbocycles. The summed E-state index contributed by atoms with van der Waals surface area (Å²) in [5.74, 6) is -12.8. The van der Waals surface area contributed by atoms with Crippen molar-refractivity contribution in [3.63, 3.8) is 0 Å². The zero-order valence-corrected chi connectivity index (χ0v) is 37.5. The van der Waals surface area contributed by atoms with Gasteiger partial charge in [-0.05, 0) is 105 Å². The summed E-state index contributed by atoms with van der Waals surface area (Å²) in [6.07, 6.45) is 0. The van der Waals surface area contributed by atoms with Crippen LogP contribution in [0.25, 0.3) is 66.2 Å². The van der Waals surface area contributed by atoms with E-state index in [1.807, 2.05) is 0 Å². The van der Waals surface area contributed by atoms with Gasteiger partial charge < -0.3 is 18.1 Å². The first-order valence-corrected chi connectivity index (χ1v) is 21.8. The van der Waals surface area contributed by atoms with Gasteiger partial charge in [0.2, 0.25) is 5.88 Å². The molecule has 0 amide bonds. The van der Waals surface area contributed by atoms with Gasteiger partial charge in [-0.3, -0.25) is 4.57 Å². The number of rotatable bonds is 3. The van der Waals surface area contributed by atoms with Gasteiger partial charge in [-0.1, -0.05) is 108 Å². The van der Waals surface area contributed by atoms with E-state index in [-0.39, 0.29) is 55.0 Å². The van der Waals surface area contributed by atoms with Gasteiger partial charge in [0.25, 0.3) is 12.7 Å². The molecule has 7 aromatic carbocycles. The van der Waals surface area contributed by atoms with Crippen molar-refractivity contribution in [2.45, 2.75) is 65.1 Å². The first kappa shape index (κ1) is 26.1. The summed E-state index contributed by atoms with van der Waals surface area (Å²) >= 11 is 0. The van der Waals surface area contributed by atoms with E-state index in [4.69, 9.17) is 25.9 Å². The summed E-state index contributed by atoms with van der Waals surface area (Å²) in [6.45, 7) is 4.81. The Labute approximate surface area is 428 Å². The maximum absolute atomic E-state index is 16.8. The number of nitrogens with zero attached hydrogens (tertiary/aromatic N) is 3. The number of ether oxygens (including phenoxy) is 1. The zero-order valence-electron chi connectivity index (χ0n) is 57.5. The zero-order chi connectivity index (χ0) is 65.7. The molecule has 4 aromatic heterocycles. The molecule has 0 fully saturated rings. The molecular weight excluding hydrogens is 885 g/mol. The Morgan fingerprint density at radius 3 is 1.96 bits per heavy atom. The van der Waals surface area contributed by atoms with Crippen molar-refractivity contribution < 1.29 is 58.5 Å². The second kappa shape index (κ2) is 14.3. The van der Waals surface area contributed by atoms with E-state index in [0.29, 0.717) is 4.57 Å². The van der Waals surface area contributed by atoms with Crippen molar-refractivity contribution in [3.8, 4) is 29.3 Å². The number of aromatic nitrogens is 2. The van der Waals surface area contributed by atoms with Gasteiger partial charge in [-0.25, -0.2) is 17.6 Å². The highest BCUT2D eigenvalue weighted by molar-refractivity contribution is 6.99. The fourth-order valence-corrected chi connectivity index (χ4v) is 9.79. The van der Waals surface area contributed by atoms with Gasteiger partial charge in [0.1, 0.15) is 34.4 Å². The lowest BCUT2D eigenvalue weighted by Gasteiger charge is -2.34. The van der Waals surface area contributed by atoms with Crippen LogP contribution in [0.1, 0.15) is 114 Å². The number of nitriles is 1. The standard InChI is InChI=1S/C59H42BF4N3O3/c1-29-22-38-48(30-16-19-35-36-25-31(58(2,3)4)17-20-43(36)67(44(35)24-30)55-53(63)51(61)39(28-65)52(62)54(55)64)56-50(37-26-32(59(5,6)7)18-21-45(37)68-56)60-40-27-47(70-57(40)69-46(23-29)49(38)60)66-41-14-10-8-12-33(41)34-13-9-11-15-42(34)66/h8-27,48H,1-7H3/i1D3,8D,9D,10D,11D,12D,13D,14D,15D,17D,18D,20D,21D,22D,23D,25D,26D,27D. The highest BCUT2D eigenvalue weighted by atomic mass is 19.2. The van der Waals surface area contributed by atoms with Crippen molar-refractivity contribution in [2.75, 3.05) is 0 Å². The number of fused-ring (bicyclic) bond motifs is 12. The minimum Gasteiger partial charge on any atom is -0.461 e. The van der Waals surface area contributed by atoms with Crippen molar-refractivity contribution >= 4 is 77.7 Å². The highest BCUT2D eigenvalue weighted by Gasteiger charge is 2.48. The fraction of sp³-hybridized carbons (Fsp3) is 0.169. The molecule has 0 aliphatic carbocycles. The molecule has 342 valence electrons. The van der Waals surface area contributed by atoms with Gasteiger partial charge in [0.05, 0.1) is 51.3 Å². The predicted octanol–water partition coefficient (Wildman–Crippen LogP) is 13.7. The number of benzene rings is 7. The third-order valence-corrected chi connectivity index (χ3v) is 13.0. The second-order valence-electron chi connectivity index (χ2n) is 19.3. The van der Waals surface area contributed by atoms with Crippen LogP contribution in [-0.2, 0) is 10.8 Å². The lowest BCUT2D eigenvalue weighted by molar-refractivity contribution is 0.346. The Kier molecular flexibility index (Phi) is 5.34. The van der Waals surface area contributed by atoms with Crippen LogP contribution in [0.5, 0.6) is 11.7 Å². The summed E-state index contributed by atoms with van der Waals surface area (Å²) in [5, 5.41) is 8.24. The van der Waals surface area contributed by atoms with Crippen LogP contribution >= 0.6 is 0 Å². The molecule has 2 aliphatic rings.